The van der Waals surface area contributed by atoms with Gasteiger partial charge in [-0.2, -0.15) is 0 Å². The molecular formula is C27H48O2. The molecule has 0 aromatic carbocycles. The van der Waals surface area contributed by atoms with Gasteiger partial charge in [-0.25, -0.2) is 0 Å². The molecule has 2 heteroatoms. The quantitative estimate of drug-likeness (QED) is 0.487. The average molecular weight is 405 g/mol. The van der Waals surface area contributed by atoms with Crippen molar-refractivity contribution in [3.63, 3.8) is 0 Å². The molecule has 0 aromatic rings. The van der Waals surface area contributed by atoms with Gasteiger partial charge in [0.15, 0.2) is 0 Å². The Kier molecular flexibility index (Phi) is 8.62. The summed E-state index contributed by atoms with van der Waals surface area (Å²) in [6.45, 7) is 19.9. The Balaban J connectivity index is 1.89. The highest BCUT2D eigenvalue weighted by molar-refractivity contribution is 5.24. The van der Waals surface area contributed by atoms with Crippen LogP contribution in [0.4, 0.5) is 0 Å². The highest BCUT2D eigenvalue weighted by atomic mass is 16.5. The molecule has 0 heterocycles. The van der Waals surface area contributed by atoms with E-state index >= 15 is 0 Å². The Labute approximate surface area is 181 Å². The van der Waals surface area contributed by atoms with E-state index in [-0.39, 0.29) is 16.9 Å². The summed E-state index contributed by atoms with van der Waals surface area (Å²) >= 11 is 0. The summed E-state index contributed by atoms with van der Waals surface area (Å²) in [4.78, 5) is 0. The van der Waals surface area contributed by atoms with Crippen LogP contribution in [-0.2, 0) is 4.74 Å². The molecule has 0 bridgehead atoms. The zero-order chi connectivity index (χ0) is 21.8. The van der Waals surface area contributed by atoms with Crippen molar-refractivity contribution < 1.29 is 9.84 Å². The van der Waals surface area contributed by atoms with E-state index in [2.05, 4.69) is 67.5 Å². The Hall–Kier alpha value is -0.600. The second kappa shape index (κ2) is 10.1. The first-order chi connectivity index (χ1) is 13.4. The van der Waals surface area contributed by atoms with Crippen LogP contribution >= 0.6 is 0 Å². The molecule has 2 aliphatic carbocycles. The fourth-order valence-corrected chi connectivity index (χ4v) is 5.12. The van der Waals surface area contributed by atoms with Crippen molar-refractivity contribution in [2.24, 2.45) is 34.5 Å². The van der Waals surface area contributed by atoms with Crippen LogP contribution in [0.1, 0.15) is 93.9 Å². The van der Waals surface area contributed by atoms with E-state index in [9.17, 15) is 5.11 Å². The summed E-state index contributed by atoms with van der Waals surface area (Å²) in [5.74, 6) is 2.02. The maximum Gasteiger partial charge on any atom is 0.0680 e. The highest BCUT2D eigenvalue weighted by Crippen LogP contribution is 2.48. The molecule has 0 aliphatic heterocycles. The Morgan fingerprint density at radius 3 is 1.90 bits per heavy atom. The van der Waals surface area contributed by atoms with Crippen LogP contribution in [-0.4, -0.2) is 24.4 Å². The molecule has 1 fully saturated rings. The fraction of sp³-hybridized carbons (Fsp3) is 0.852. The predicted octanol–water partition coefficient (Wildman–Crippen LogP) is 7.18. The second-order valence-electron chi connectivity index (χ2n) is 12.4. The minimum atomic E-state index is -0.207. The van der Waals surface area contributed by atoms with Crippen LogP contribution < -0.4 is 0 Å². The topological polar surface area (TPSA) is 29.5 Å². The molecule has 1 saturated carbocycles. The molecule has 2 rings (SSSR count). The molecule has 0 radical (unpaired) electrons. The first-order valence-corrected chi connectivity index (χ1v) is 12.0. The van der Waals surface area contributed by atoms with Gasteiger partial charge in [-0.15, -0.1) is 0 Å². The van der Waals surface area contributed by atoms with E-state index < -0.39 is 0 Å². The first kappa shape index (κ1) is 24.7. The lowest BCUT2D eigenvalue weighted by Crippen LogP contribution is -2.48. The van der Waals surface area contributed by atoms with Gasteiger partial charge in [-0.1, -0.05) is 73.1 Å². The van der Waals surface area contributed by atoms with Gasteiger partial charge >= 0.3 is 0 Å². The Morgan fingerprint density at radius 1 is 0.931 bits per heavy atom. The molecule has 168 valence electrons. The second-order valence-corrected chi connectivity index (χ2v) is 12.4. The van der Waals surface area contributed by atoms with E-state index in [1.54, 1.807) is 5.57 Å². The number of hydrogen-bond donors (Lipinski definition) is 1. The average Bonchev–Trinajstić information content (AvgIpc) is 2.60. The summed E-state index contributed by atoms with van der Waals surface area (Å²) in [5, 5.41) is 11.1. The zero-order valence-corrected chi connectivity index (χ0v) is 20.6. The fourth-order valence-electron chi connectivity index (χ4n) is 5.12. The Bertz CT molecular complexity index is 546. The molecule has 0 spiro atoms. The molecule has 0 saturated heterocycles. The summed E-state index contributed by atoms with van der Waals surface area (Å²) in [7, 11) is 0. The van der Waals surface area contributed by atoms with Gasteiger partial charge < -0.3 is 9.84 Å². The minimum Gasteiger partial charge on any atom is -0.393 e. The third-order valence-electron chi connectivity index (χ3n) is 7.23. The summed E-state index contributed by atoms with van der Waals surface area (Å²) in [6.07, 6.45) is 11.5. The standard InChI is InChI=1S/C27H48O2/c1-19(2)9-10-20-11-13-21(14-12-20)17-29-18-22-15-23(26(3,4)5)25(28)24(16-22)27(6,7)8/h11,13,19,22-25,28H,9-10,12,14-18H2,1-8H3. The van der Waals surface area contributed by atoms with Gasteiger partial charge in [0.05, 0.1) is 12.7 Å². The molecule has 2 unspecified atom stereocenters. The number of allylic oxidation sites excluding steroid dienone is 3. The normalized spacial score (nSPS) is 29.0. The van der Waals surface area contributed by atoms with Crippen molar-refractivity contribution in [2.75, 3.05) is 13.2 Å². The molecule has 0 amide bonds. The van der Waals surface area contributed by atoms with Crippen molar-refractivity contribution in [3.05, 3.63) is 23.3 Å². The van der Waals surface area contributed by atoms with Crippen LogP contribution in [0.2, 0.25) is 0 Å². The Morgan fingerprint density at radius 2 is 1.45 bits per heavy atom. The number of aliphatic hydroxyl groups is 1. The van der Waals surface area contributed by atoms with Crippen LogP contribution in [0.25, 0.3) is 0 Å². The van der Waals surface area contributed by atoms with Crippen molar-refractivity contribution in [2.45, 2.75) is 100 Å². The van der Waals surface area contributed by atoms with E-state index in [1.807, 2.05) is 0 Å². The predicted molar refractivity (Wildman–Crippen MR) is 125 cm³/mol. The molecule has 1 N–H and O–H groups in total. The van der Waals surface area contributed by atoms with Gasteiger partial charge in [-0.3, -0.25) is 0 Å². The van der Waals surface area contributed by atoms with Crippen LogP contribution in [0.3, 0.4) is 0 Å². The molecule has 29 heavy (non-hydrogen) atoms. The number of hydrogen-bond acceptors (Lipinski definition) is 2. The van der Waals surface area contributed by atoms with Gasteiger partial charge in [0.2, 0.25) is 0 Å². The van der Waals surface area contributed by atoms with E-state index in [0.717, 1.165) is 38.4 Å². The molecule has 2 aliphatic rings. The third kappa shape index (κ3) is 7.55. The van der Waals surface area contributed by atoms with Crippen LogP contribution in [0.15, 0.2) is 23.3 Å². The first-order valence-electron chi connectivity index (χ1n) is 12.0. The molecule has 0 aromatic heterocycles. The maximum atomic E-state index is 11.1. The van der Waals surface area contributed by atoms with Crippen molar-refractivity contribution >= 4 is 0 Å². The lowest BCUT2D eigenvalue weighted by molar-refractivity contribution is -0.0935. The smallest absolute Gasteiger partial charge is 0.0680 e. The molecule has 2 nitrogen and oxygen atoms in total. The number of ether oxygens (including phenoxy) is 1. The van der Waals surface area contributed by atoms with Gasteiger partial charge in [0.25, 0.3) is 0 Å². The minimum absolute atomic E-state index is 0.130. The van der Waals surface area contributed by atoms with E-state index in [1.165, 1.54) is 24.8 Å². The zero-order valence-electron chi connectivity index (χ0n) is 20.6. The van der Waals surface area contributed by atoms with Gasteiger partial charge in [-0.05, 0) is 78.6 Å². The molecular weight excluding hydrogens is 356 g/mol. The monoisotopic (exact) mass is 404 g/mol. The van der Waals surface area contributed by atoms with Gasteiger partial charge in [0.1, 0.15) is 0 Å². The number of rotatable bonds is 7. The highest BCUT2D eigenvalue weighted by Gasteiger charge is 2.45. The lowest BCUT2D eigenvalue weighted by atomic mass is 9.59. The van der Waals surface area contributed by atoms with Gasteiger partial charge in [0, 0.05) is 6.61 Å². The molecule has 2 atom stereocenters. The van der Waals surface area contributed by atoms with Crippen molar-refractivity contribution in [1.29, 1.82) is 0 Å². The largest absolute Gasteiger partial charge is 0.393 e. The summed E-state index contributed by atoms with van der Waals surface area (Å²) in [5.41, 5.74) is 3.30. The SMILES string of the molecule is CC(C)CCC1=CC=C(COCC2CC(C(C)(C)C)C(O)C(C(C)(C)C)C2)CC1. The van der Waals surface area contributed by atoms with Crippen molar-refractivity contribution in [1.82, 2.24) is 0 Å². The van der Waals surface area contributed by atoms with Crippen LogP contribution in [0, 0.1) is 34.5 Å². The number of aliphatic hydroxyl groups excluding tert-OH is 1. The third-order valence-corrected chi connectivity index (χ3v) is 7.23. The van der Waals surface area contributed by atoms with E-state index in [4.69, 9.17) is 4.74 Å². The summed E-state index contributed by atoms with van der Waals surface area (Å²) in [6, 6.07) is 0. The maximum absolute atomic E-state index is 11.1. The van der Waals surface area contributed by atoms with Crippen LogP contribution in [0.5, 0.6) is 0 Å². The summed E-state index contributed by atoms with van der Waals surface area (Å²) < 4.78 is 6.22. The van der Waals surface area contributed by atoms with E-state index in [0.29, 0.717) is 17.8 Å². The van der Waals surface area contributed by atoms with Crippen molar-refractivity contribution in [3.8, 4) is 0 Å². The lowest BCUT2D eigenvalue weighted by Gasteiger charge is -2.49.